The number of fused-ring (bicyclic) bond motifs is 7. The summed E-state index contributed by atoms with van der Waals surface area (Å²) in [5.41, 5.74) is 8.90. The second kappa shape index (κ2) is 10.0. The molecule has 0 aliphatic heterocycles. The van der Waals surface area contributed by atoms with Crippen LogP contribution < -0.4 is 0 Å². The van der Waals surface area contributed by atoms with Gasteiger partial charge in [0.25, 0.3) is 0 Å². The van der Waals surface area contributed by atoms with Gasteiger partial charge in [-0.1, -0.05) is 121 Å². The molecule has 0 aliphatic carbocycles. The third-order valence-corrected chi connectivity index (χ3v) is 9.73. The normalized spacial score (nSPS) is 11.6. The Morgan fingerprint density at radius 2 is 1.14 bits per heavy atom. The van der Waals surface area contributed by atoms with Crippen molar-refractivity contribution < 1.29 is 0 Å². The van der Waals surface area contributed by atoms with E-state index >= 15 is 0 Å². The monoisotopic (exact) mass is 579 g/mol. The zero-order valence-electron chi connectivity index (χ0n) is 23.7. The molecular weight excluding hydrogens is 555 g/mol. The van der Waals surface area contributed by atoms with Gasteiger partial charge in [-0.3, -0.25) is 4.57 Å². The first-order valence-electron chi connectivity index (χ1n) is 14.8. The maximum absolute atomic E-state index is 5.25. The van der Waals surface area contributed by atoms with Crippen LogP contribution in [0.5, 0.6) is 0 Å². The Morgan fingerprint density at radius 1 is 0.477 bits per heavy atom. The largest absolute Gasteiger partial charge is 0.278 e. The number of benzene rings is 6. The molecule has 0 amide bonds. The molecule has 0 spiro atoms. The van der Waals surface area contributed by atoms with Crippen molar-refractivity contribution >= 4 is 53.3 Å². The van der Waals surface area contributed by atoms with E-state index in [4.69, 9.17) is 9.97 Å². The van der Waals surface area contributed by atoms with Gasteiger partial charge in [0, 0.05) is 42.7 Å². The number of hydrogen-bond acceptors (Lipinski definition) is 3. The van der Waals surface area contributed by atoms with Crippen LogP contribution in [0.1, 0.15) is 0 Å². The van der Waals surface area contributed by atoms with Crippen LogP contribution in [0.4, 0.5) is 0 Å². The fourth-order valence-electron chi connectivity index (χ4n) is 6.59. The van der Waals surface area contributed by atoms with Gasteiger partial charge >= 0.3 is 0 Å². The highest BCUT2D eigenvalue weighted by molar-refractivity contribution is 7.26. The minimum Gasteiger partial charge on any atom is -0.278 e. The summed E-state index contributed by atoms with van der Waals surface area (Å²) in [5.74, 6) is 0.667. The molecule has 4 heteroatoms. The minimum absolute atomic E-state index is 0.667. The Bertz CT molecular complexity index is 2510. The number of para-hydroxylation sites is 1. The lowest BCUT2D eigenvalue weighted by molar-refractivity contribution is 0.992. The smallest absolute Gasteiger partial charge is 0.235 e. The topological polar surface area (TPSA) is 30.7 Å². The second-order valence-electron chi connectivity index (χ2n) is 11.0. The Balaban J connectivity index is 1.26. The highest BCUT2D eigenvalue weighted by Crippen LogP contribution is 2.43. The van der Waals surface area contributed by atoms with Crippen molar-refractivity contribution in [3.63, 3.8) is 0 Å². The molecule has 44 heavy (non-hydrogen) atoms. The number of thiophene rings is 1. The van der Waals surface area contributed by atoms with Gasteiger partial charge in [-0.25, -0.2) is 9.97 Å². The van der Waals surface area contributed by atoms with Crippen LogP contribution in [0.2, 0.25) is 0 Å². The van der Waals surface area contributed by atoms with E-state index in [0.717, 1.165) is 27.9 Å². The van der Waals surface area contributed by atoms with Crippen LogP contribution in [0.15, 0.2) is 152 Å². The van der Waals surface area contributed by atoms with E-state index in [9.17, 15) is 0 Å². The van der Waals surface area contributed by atoms with Gasteiger partial charge in [-0.2, -0.15) is 0 Å². The summed E-state index contributed by atoms with van der Waals surface area (Å²) < 4.78 is 4.83. The van der Waals surface area contributed by atoms with E-state index < -0.39 is 0 Å². The molecule has 206 valence electrons. The lowest BCUT2D eigenvalue weighted by Gasteiger charge is -2.15. The molecule has 3 nitrogen and oxygen atoms in total. The third kappa shape index (κ3) is 3.82. The van der Waals surface area contributed by atoms with Crippen molar-refractivity contribution in [2.75, 3.05) is 0 Å². The van der Waals surface area contributed by atoms with Gasteiger partial charge in [-0.05, 0) is 46.5 Å². The van der Waals surface area contributed by atoms with Gasteiger partial charge in [-0.15, -0.1) is 11.3 Å². The van der Waals surface area contributed by atoms with E-state index in [1.54, 1.807) is 0 Å². The summed E-state index contributed by atoms with van der Waals surface area (Å²) in [6, 6.07) is 51.5. The summed E-state index contributed by atoms with van der Waals surface area (Å²) in [7, 11) is 0. The maximum Gasteiger partial charge on any atom is 0.235 e. The fraction of sp³-hybridized carbons (Fsp3) is 0. The van der Waals surface area contributed by atoms with Crippen molar-refractivity contribution in [3.05, 3.63) is 152 Å². The first-order valence-corrected chi connectivity index (χ1v) is 15.6. The molecule has 0 aliphatic rings. The van der Waals surface area contributed by atoms with Crippen LogP contribution >= 0.6 is 11.3 Å². The zero-order valence-corrected chi connectivity index (χ0v) is 24.5. The Hall–Kier alpha value is -5.58. The van der Waals surface area contributed by atoms with Crippen molar-refractivity contribution in [1.82, 2.24) is 14.5 Å². The van der Waals surface area contributed by atoms with Crippen molar-refractivity contribution in [2.24, 2.45) is 0 Å². The van der Waals surface area contributed by atoms with Crippen LogP contribution in [0.3, 0.4) is 0 Å². The van der Waals surface area contributed by atoms with Gasteiger partial charge in [0.1, 0.15) is 0 Å². The van der Waals surface area contributed by atoms with Crippen LogP contribution in [0, 0.1) is 0 Å². The fourth-order valence-corrected chi connectivity index (χ4v) is 7.84. The molecule has 0 N–H and O–H groups in total. The summed E-state index contributed by atoms with van der Waals surface area (Å²) in [5, 5.41) is 5.06. The lowest BCUT2D eigenvalue weighted by Crippen LogP contribution is -2.02. The van der Waals surface area contributed by atoms with Gasteiger partial charge in [0.2, 0.25) is 5.95 Å². The number of nitrogens with zero attached hydrogens (tertiary/aromatic N) is 3. The Kier molecular flexibility index (Phi) is 5.68. The molecule has 6 aromatic carbocycles. The van der Waals surface area contributed by atoms with Gasteiger partial charge in [0.15, 0.2) is 0 Å². The third-order valence-electron chi connectivity index (χ3n) is 8.53. The van der Waals surface area contributed by atoms with E-state index in [2.05, 4.69) is 144 Å². The van der Waals surface area contributed by atoms with E-state index in [0.29, 0.717) is 5.95 Å². The van der Waals surface area contributed by atoms with E-state index in [1.165, 1.54) is 47.6 Å². The van der Waals surface area contributed by atoms with Crippen molar-refractivity contribution in [3.8, 4) is 39.5 Å². The summed E-state index contributed by atoms with van der Waals surface area (Å²) >= 11 is 1.86. The molecule has 3 heterocycles. The Morgan fingerprint density at radius 3 is 1.98 bits per heavy atom. The van der Waals surface area contributed by atoms with E-state index in [1.807, 2.05) is 23.6 Å². The molecule has 0 saturated carbocycles. The van der Waals surface area contributed by atoms with Gasteiger partial charge in [0.05, 0.1) is 16.7 Å². The standard InChI is InChI=1S/C40H25N3S/c1-2-12-26(13-3-1)27-14-4-5-15-28(27)29-16-6-7-17-30(29)34-24-25-41-40(42-34)43-35-20-10-8-19-33(35)38-36(43)23-22-32-31-18-9-11-21-37(31)44-39(32)38/h1-25H. The number of rotatable bonds is 4. The molecule has 0 atom stereocenters. The number of hydrogen-bond donors (Lipinski definition) is 0. The SMILES string of the molecule is c1ccc(-c2ccccc2-c2ccccc2-c2ccnc(-n3c4ccccc4c4c5sc6ccccc6c5ccc43)n2)cc1. The second-order valence-corrected chi connectivity index (χ2v) is 12.0. The highest BCUT2D eigenvalue weighted by Gasteiger charge is 2.19. The van der Waals surface area contributed by atoms with Crippen LogP contribution in [-0.2, 0) is 0 Å². The highest BCUT2D eigenvalue weighted by atomic mass is 32.1. The zero-order chi connectivity index (χ0) is 29.0. The molecule has 3 aromatic heterocycles. The summed E-state index contributed by atoms with van der Waals surface area (Å²) in [4.78, 5) is 10.1. The first kappa shape index (κ1) is 25.0. The first-order chi connectivity index (χ1) is 21.8. The van der Waals surface area contributed by atoms with Gasteiger partial charge < -0.3 is 0 Å². The quantitative estimate of drug-likeness (QED) is 0.208. The molecule has 9 rings (SSSR count). The molecular formula is C40H25N3S. The molecule has 0 bridgehead atoms. The van der Waals surface area contributed by atoms with Crippen molar-refractivity contribution in [2.45, 2.75) is 0 Å². The predicted octanol–water partition coefficient (Wildman–Crippen LogP) is 10.9. The summed E-state index contributed by atoms with van der Waals surface area (Å²) in [6.45, 7) is 0. The lowest BCUT2D eigenvalue weighted by atomic mass is 9.91. The Labute approximate surface area is 258 Å². The predicted molar refractivity (Wildman–Crippen MR) is 186 cm³/mol. The van der Waals surface area contributed by atoms with Crippen molar-refractivity contribution in [1.29, 1.82) is 0 Å². The van der Waals surface area contributed by atoms with Crippen LogP contribution in [0.25, 0.3) is 81.4 Å². The molecule has 0 radical (unpaired) electrons. The minimum atomic E-state index is 0.667. The summed E-state index contributed by atoms with van der Waals surface area (Å²) in [6.07, 6.45) is 1.89. The average Bonchev–Trinajstić information content (AvgIpc) is 3.65. The molecule has 0 fully saturated rings. The number of aromatic nitrogens is 3. The molecule has 0 saturated heterocycles. The van der Waals surface area contributed by atoms with Crippen LogP contribution in [-0.4, -0.2) is 14.5 Å². The maximum atomic E-state index is 5.25. The molecule has 9 aromatic rings. The molecule has 0 unspecified atom stereocenters. The van der Waals surface area contributed by atoms with E-state index in [-0.39, 0.29) is 0 Å². The average molecular weight is 580 g/mol.